The Morgan fingerprint density at radius 2 is 2.10 bits per heavy atom. The predicted molar refractivity (Wildman–Crippen MR) is 79.0 cm³/mol. The van der Waals surface area contributed by atoms with E-state index >= 15 is 0 Å². The van der Waals surface area contributed by atoms with Gasteiger partial charge in [0.1, 0.15) is 0 Å². The van der Waals surface area contributed by atoms with Crippen molar-refractivity contribution >= 4 is 11.6 Å². The molecule has 0 aromatic heterocycles. The normalized spacial score (nSPS) is 20.1. The third kappa shape index (κ3) is 2.66. The second-order valence-electron chi connectivity index (χ2n) is 5.98. The number of aliphatic hydroxyl groups is 1. The van der Waals surface area contributed by atoms with Gasteiger partial charge in [-0.15, -0.1) is 0 Å². The summed E-state index contributed by atoms with van der Waals surface area (Å²) in [5.74, 6) is -0.0640. The molecule has 0 unspecified atom stereocenters. The molecule has 20 heavy (non-hydrogen) atoms. The van der Waals surface area contributed by atoms with Gasteiger partial charge in [0.2, 0.25) is 0 Å². The molecule has 1 aliphatic carbocycles. The van der Waals surface area contributed by atoms with E-state index in [4.69, 9.17) is 0 Å². The van der Waals surface area contributed by atoms with Crippen LogP contribution in [-0.4, -0.2) is 29.7 Å². The van der Waals surface area contributed by atoms with Crippen LogP contribution in [0.1, 0.15) is 48.0 Å². The van der Waals surface area contributed by atoms with Crippen LogP contribution in [0.25, 0.3) is 0 Å². The first-order valence-electron chi connectivity index (χ1n) is 7.54. The molecule has 1 heterocycles. The number of fused-ring (bicyclic) bond motifs is 1. The molecule has 1 aromatic carbocycles. The summed E-state index contributed by atoms with van der Waals surface area (Å²) in [6.07, 6.45) is 5.69. The zero-order valence-corrected chi connectivity index (χ0v) is 11.7. The Morgan fingerprint density at radius 3 is 2.90 bits per heavy atom. The van der Waals surface area contributed by atoms with E-state index in [0.717, 1.165) is 61.9 Å². The number of anilines is 1. The third-order valence-corrected chi connectivity index (χ3v) is 4.45. The Balaban J connectivity index is 1.71. The smallest absolute Gasteiger partial charge is 0.251 e. The second-order valence-corrected chi connectivity index (χ2v) is 5.98. The van der Waals surface area contributed by atoms with Gasteiger partial charge in [-0.2, -0.15) is 0 Å². The van der Waals surface area contributed by atoms with E-state index in [2.05, 4.69) is 10.6 Å². The largest absolute Gasteiger partial charge is 0.388 e. The summed E-state index contributed by atoms with van der Waals surface area (Å²) in [5, 5.41) is 16.5. The maximum Gasteiger partial charge on any atom is 0.251 e. The number of amides is 1. The molecule has 1 fully saturated rings. The molecule has 1 aliphatic heterocycles. The summed E-state index contributed by atoms with van der Waals surface area (Å²) in [4.78, 5) is 12.4. The van der Waals surface area contributed by atoms with Crippen molar-refractivity contribution in [1.82, 2.24) is 5.32 Å². The molecular weight excluding hydrogens is 252 g/mol. The van der Waals surface area contributed by atoms with Gasteiger partial charge in [-0.05, 0) is 43.4 Å². The highest BCUT2D eigenvalue weighted by atomic mass is 16.3. The predicted octanol–water partition coefficient (Wildman–Crippen LogP) is 2.08. The fourth-order valence-electron chi connectivity index (χ4n) is 3.27. The van der Waals surface area contributed by atoms with Crippen LogP contribution in [0.5, 0.6) is 0 Å². The lowest BCUT2D eigenvalue weighted by atomic mass is 9.96. The minimum Gasteiger partial charge on any atom is -0.388 e. The van der Waals surface area contributed by atoms with Gasteiger partial charge in [-0.25, -0.2) is 0 Å². The highest BCUT2D eigenvalue weighted by molar-refractivity contribution is 5.97. The molecule has 4 nitrogen and oxygen atoms in total. The van der Waals surface area contributed by atoms with Crippen LogP contribution in [0.3, 0.4) is 0 Å². The summed E-state index contributed by atoms with van der Waals surface area (Å²) in [6, 6.07) is 5.81. The Bertz CT molecular complexity index is 507. The van der Waals surface area contributed by atoms with E-state index in [1.54, 1.807) is 0 Å². The highest BCUT2D eigenvalue weighted by Gasteiger charge is 2.31. The molecule has 108 valence electrons. The number of hydrogen-bond donors (Lipinski definition) is 3. The van der Waals surface area contributed by atoms with Gasteiger partial charge in [0.15, 0.2) is 0 Å². The average molecular weight is 274 g/mol. The van der Waals surface area contributed by atoms with Gasteiger partial charge >= 0.3 is 0 Å². The first-order valence-corrected chi connectivity index (χ1v) is 7.54. The number of carbonyl (C=O) groups excluding carboxylic acids is 1. The molecular formula is C16H22N2O2. The fraction of sp³-hybridized carbons (Fsp3) is 0.562. The maximum atomic E-state index is 12.4. The van der Waals surface area contributed by atoms with Crippen molar-refractivity contribution in [2.24, 2.45) is 0 Å². The minimum atomic E-state index is -0.692. The molecule has 1 saturated carbocycles. The molecule has 3 rings (SSSR count). The van der Waals surface area contributed by atoms with Crippen LogP contribution in [0.2, 0.25) is 0 Å². The molecule has 1 aromatic rings. The van der Waals surface area contributed by atoms with Gasteiger partial charge < -0.3 is 15.7 Å². The summed E-state index contributed by atoms with van der Waals surface area (Å²) in [5.41, 5.74) is 2.23. The zero-order chi connectivity index (χ0) is 14.0. The van der Waals surface area contributed by atoms with Crippen molar-refractivity contribution < 1.29 is 9.90 Å². The number of benzene rings is 1. The summed E-state index contributed by atoms with van der Waals surface area (Å²) in [6.45, 7) is 1.33. The standard InChI is InChI=1S/C16H22N2O2/c19-15(18-11-16(20)8-1-2-9-16)13-5-3-7-14-12(13)6-4-10-17-14/h3,5,7,17,20H,1-2,4,6,8-11H2,(H,18,19). The lowest BCUT2D eigenvalue weighted by Gasteiger charge is -2.24. The van der Waals surface area contributed by atoms with Gasteiger partial charge in [0.05, 0.1) is 5.60 Å². The number of nitrogens with one attached hydrogen (secondary N) is 2. The maximum absolute atomic E-state index is 12.4. The zero-order valence-electron chi connectivity index (χ0n) is 11.7. The van der Waals surface area contributed by atoms with E-state index in [1.165, 1.54) is 0 Å². The van der Waals surface area contributed by atoms with Crippen LogP contribution >= 0.6 is 0 Å². The second kappa shape index (κ2) is 5.44. The monoisotopic (exact) mass is 274 g/mol. The lowest BCUT2D eigenvalue weighted by Crippen LogP contribution is -2.41. The van der Waals surface area contributed by atoms with E-state index in [-0.39, 0.29) is 5.91 Å². The minimum absolute atomic E-state index is 0.0640. The molecule has 3 N–H and O–H groups in total. The number of carbonyl (C=O) groups is 1. The molecule has 2 aliphatic rings. The van der Waals surface area contributed by atoms with E-state index in [1.807, 2.05) is 18.2 Å². The highest BCUT2D eigenvalue weighted by Crippen LogP contribution is 2.29. The van der Waals surface area contributed by atoms with Gasteiger partial charge in [0.25, 0.3) is 5.91 Å². The van der Waals surface area contributed by atoms with Crippen LogP contribution in [0, 0.1) is 0 Å². The van der Waals surface area contributed by atoms with Crippen molar-refractivity contribution in [1.29, 1.82) is 0 Å². The first-order chi connectivity index (χ1) is 9.68. The third-order valence-electron chi connectivity index (χ3n) is 4.45. The number of rotatable bonds is 3. The molecule has 4 heteroatoms. The first kappa shape index (κ1) is 13.4. The Labute approximate surface area is 119 Å². The molecule has 1 amide bonds. The van der Waals surface area contributed by atoms with E-state index in [0.29, 0.717) is 6.54 Å². The SMILES string of the molecule is O=C(NCC1(O)CCCC1)c1cccc2c1CCCN2. The average Bonchev–Trinajstić information content (AvgIpc) is 2.91. The van der Waals surface area contributed by atoms with Crippen molar-refractivity contribution in [3.05, 3.63) is 29.3 Å². The molecule has 0 spiro atoms. The summed E-state index contributed by atoms with van der Waals surface area (Å²) in [7, 11) is 0. The number of hydrogen-bond acceptors (Lipinski definition) is 3. The van der Waals surface area contributed by atoms with Crippen LogP contribution in [-0.2, 0) is 6.42 Å². The molecule has 0 radical (unpaired) electrons. The summed E-state index contributed by atoms with van der Waals surface area (Å²) < 4.78 is 0. The van der Waals surface area contributed by atoms with Crippen LogP contribution in [0.4, 0.5) is 5.69 Å². The fourth-order valence-corrected chi connectivity index (χ4v) is 3.27. The van der Waals surface area contributed by atoms with Gasteiger partial charge in [0, 0.05) is 24.3 Å². The van der Waals surface area contributed by atoms with Crippen molar-refractivity contribution in [2.75, 3.05) is 18.4 Å². The van der Waals surface area contributed by atoms with Crippen molar-refractivity contribution in [2.45, 2.75) is 44.1 Å². The van der Waals surface area contributed by atoms with Crippen LogP contribution in [0.15, 0.2) is 18.2 Å². The van der Waals surface area contributed by atoms with Gasteiger partial charge in [-0.3, -0.25) is 4.79 Å². The lowest BCUT2D eigenvalue weighted by molar-refractivity contribution is 0.0449. The molecule has 0 bridgehead atoms. The Kier molecular flexibility index (Phi) is 3.66. The van der Waals surface area contributed by atoms with Gasteiger partial charge in [-0.1, -0.05) is 18.9 Å². The topological polar surface area (TPSA) is 61.4 Å². The van der Waals surface area contributed by atoms with E-state index in [9.17, 15) is 9.90 Å². The molecule has 0 atom stereocenters. The summed E-state index contributed by atoms with van der Waals surface area (Å²) >= 11 is 0. The van der Waals surface area contributed by atoms with Crippen molar-refractivity contribution in [3.63, 3.8) is 0 Å². The Hall–Kier alpha value is -1.55. The molecule has 0 saturated heterocycles. The van der Waals surface area contributed by atoms with Crippen LogP contribution < -0.4 is 10.6 Å². The quantitative estimate of drug-likeness (QED) is 0.791. The van der Waals surface area contributed by atoms with Crippen molar-refractivity contribution in [3.8, 4) is 0 Å². The van der Waals surface area contributed by atoms with E-state index < -0.39 is 5.60 Å². The Morgan fingerprint density at radius 1 is 1.30 bits per heavy atom.